The highest BCUT2D eigenvalue weighted by Crippen LogP contribution is 2.28. The molecule has 0 unspecified atom stereocenters. The monoisotopic (exact) mass is 382 g/mol. The van der Waals surface area contributed by atoms with Gasteiger partial charge in [-0.1, -0.05) is 0 Å². The summed E-state index contributed by atoms with van der Waals surface area (Å²) in [5.74, 6) is -1.28. The summed E-state index contributed by atoms with van der Waals surface area (Å²) in [4.78, 5) is 49.0. The molecule has 2 atom stereocenters. The molecule has 0 spiro atoms. The van der Waals surface area contributed by atoms with E-state index in [1.54, 1.807) is 12.1 Å². The Hall–Kier alpha value is -3.68. The molecule has 0 aliphatic carbocycles. The smallest absolute Gasteiger partial charge is 0.222 e. The van der Waals surface area contributed by atoms with E-state index in [1.807, 2.05) is 0 Å². The van der Waals surface area contributed by atoms with Crippen molar-refractivity contribution in [3.05, 3.63) is 20.2 Å². The maximum atomic E-state index is 12.0. The van der Waals surface area contributed by atoms with Crippen LogP contribution in [0.25, 0.3) is 0 Å². The summed E-state index contributed by atoms with van der Waals surface area (Å²) in [6.45, 7) is 1.01. The Kier molecular flexibility index (Phi) is 7.23. The molecular formula is C13H18N8O6. The molecule has 0 aromatic carbocycles. The molecule has 1 aliphatic heterocycles. The van der Waals surface area contributed by atoms with Crippen molar-refractivity contribution in [2.24, 2.45) is 0 Å². The number of hydrogen-bond donors (Lipinski definition) is 0. The van der Waals surface area contributed by atoms with Crippen LogP contribution in [0.2, 0.25) is 0 Å². The van der Waals surface area contributed by atoms with E-state index >= 15 is 0 Å². The first-order valence-corrected chi connectivity index (χ1v) is 7.77. The van der Waals surface area contributed by atoms with Gasteiger partial charge in [0.05, 0.1) is 38.1 Å². The zero-order chi connectivity index (χ0) is 20.7. The number of nitro groups is 2. The second-order valence-electron chi connectivity index (χ2n) is 5.56. The van der Waals surface area contributed by atoms with Gasteiger partial charge >= 0.3 is 0 Å². The van der Waals surface area contributed by atoms with Crippen LogP contribution in [-0.4, -0.2) is 73.8 Å². The van der Waals surface area contributed by atoms with E-state index in [1.165, 1.54) is 0 Å². The molecule has 146 valence electrons. The number of hydrazine groups is 2. The summed E-state index contributed by atoms with van der Waals surface area (Å²) in [7, 11) is 0. The molecule has 2 amide bonds. The van der Waals surface area contributed by atoms with Crippen LogP contribution in [0.15, 0.2) is 0 Å². The fraction of sp³-hybridized carbons (Fsp3) is 0.692. The molecule has 0 aromatic heterocycles. The molecule has 14 nitrogen and oxygen atoms in total. The summed E-state index contributed by atoms with van der Waals surface area (Å²) in [5, 5.41) is 39.9. The van der Waals surface area contributed by atoms with Crippen LogP contribution < -0.4 is 0 Å². The van der Waals surface area contributed by atoms with Crippen molar-refractivity contribution in [1.82, 2.24) is 19.8 Å². The van der Waals surface area contributed by atoms with Gasteiger partial charge in [-0.15, -0.1) is 10.0 Å². The first-order chi connectivity index (χ1) is 12.7. The third kappa shape index (κ3) is 4.69. The fourth-order valence-corrected chi connectivity index (χ4v) is 2.80. The number of hydrogen-bond acceptors (Lipinski definition) is 8. The zero-order valence-corrected chi connectivity index (χ0v) is 14.7. The van der Waals surface area contributed by atoms with Gasteiger partial charge in [0.25, 0.3) is 0 Å². The maximum absolute atomic E-state index is 12.0. The quantitative estimate of drug-likeness (QED) is 0.377. The molecule has 1 rings (SSSR count). The van der Waals surface area contributed by atoms with Crippen LogP contribution in [0.3, 0.4) is 0 Å². The molecule has 0 N–H and O–H groups in total. The highest BCUT2D eigenvalue weighted by molar-refractivity contribution is 5.78. The molecule has 1 saturated heterocycles. The lowest BCUT2D eigenvalue weighted by Gasteiger charge is -2.33. The first-order valence-electron chi connectivity index (χ1n) is 7.77. The summed E-state index contributed by atoms with van der Waals surface area (Å²) in [6.07, 6.45) is -3.54. The lowest BCUT2D eigenvalue weighted by molar-refractivity contribution is -0.693. The van der Waals surface area contributed by atoms with Crippen molar-refractivity contribution in [1.29, 1.82) is 10.5 Å². The van der Waals surface area contributed by atoms with Gasteiger partial charge in [0.2, 0.25) is 24.1 Å². The lowest BCUT2D eigenvalue weighted by Crippen LogP contribution is -2.61. The van der Waals surface area contributed by atoms with Crippen LogP contribution >= 0.6 is 0 Å². The fourth-order valence-electron chi connectivity index (χ4n) is 2.80. The number of amides is 2. The normalized spacial score (nSPS) is 18.4. The molecule has 14 heteroatoms. The largest absolute Gasteiger partial charge is 0.296 e. The van der Waals surface area contributed by atoms with Gasteiger partial charge in [-0.2, -0.15) is 10.5 Å². The van der Waals surface area contributed by atoms with Gasteiger partial charge in [0.1, 0.15) is 6.67 Å². The van der Waals surface area contributed by atoms with Gasteiger partial charge < -0.3 is 0 Å². The van der Waals surface area contributed by atoms with E-state index in [4.69, 9.17) is 10.5 Å². The number of nitrogens with zero attached hydrogens (tertiary/aromatic N) is 8. The Bertz CT molecular complexity index is 642. The Labute approximate surface area is 154 Å². The maximum Gasteiger partial charge on any atom is 0.222 e. The Morgan fingerprint density at radius 3 is 1.52 bits per heavy atom. The van der Waals surface area contributed by atoms with Gasteiger partial charge in [0, 0.05) is 13.8 Å². The molecule has 0 saturated carbocycles. The molecule has 27 heavy (non-hydrogen) atoms. The van der Waals surface area contributed by atoms with E-state index < -0.39 is 54.0 Å². The lowest BCUT2D eigenvalue weighted by atomic mass is 10.2. The Morgan fingerprint density at radius 2 is 1.30 bits per heavy atom. The summed E-state index contributed by atoms with van der Waals surface area (Å²) in [5.41, 5.74) is 0. The second kappa shape index (κ2) is 9.14. The van der Waals surface area contributed by atoms with E-state index in [-0.39, 0.29) is 12.8 Å². The van der Waals surface area contributed by atoms with Gasteiger partial charge in [-0.3, -0.25) is 19.4 Å². The molecule has 0 aromatic rings. The molecule has 0 bridgehead atoms. The minimum absolute atomic E-state index is 0.271. The Balaban J connectivity index is 3.49. The first kappa shape index (κ1) is 21.4. The van der Waals surface area contributed by atoms with E-state index in [9.17, 15) is 29.8 Å². The third-order valence-corrected chi connectivity index (χ3v) is 3.95. The number of nitriles is 2. The van der Waals surface area contributed by atoms with E-state index in [0.29, 0.717) is 10.0 Å². The molecular weight excluding hydrogens is 364 g/mol. The van der Waals surface area contributed by atoms with Gasteiger partial charge in [-0.25, -0.2) is 20.2 Å². The molecule has 1 fully saturated rings. The topological polar surface area (TPSA) is 181 Å². The van der Waals surface area contributed by atoms with Crippen LogP contribution in [0.1, 0.15) is 26.7 Å². The SMILES string of the molecule is CC(=O)N1CN(C(C)=O)[C@@H](N(CCC#N)[N+](=O)[O-])[C@@H]1N(CCC#N)[N+](=O)[O-]. The summed E-state index contributed by atoms with van der Waals surface area (Å²) < 4.78 is 0. The van der Waals surface area contributed by atoms with Crippen molar-refractivity contribution in [3.63, 3.8) is 0 Å². The number of rotatable bonds is 8. The highest BCUT2D eigenvalue weighted by Gasteiger charge is 2.55. The average Bonchev–Trinajstić information content (AvgIpc) is 2.95. The minimum Gasteiger partial charge on any atom is -0.296 e. The van der Waals surface area contributed by atoms with Crippen LogP contribution in [0, 0.1) is 42.9 Å². The molecule has 1 heterocycles. The van der Waals surface area contributed by atoms with Crippen molar-refractivity contribution < 1.29 is 19.7 Å². The Morgan fingerprint density at radius 1 is 0.963 bits per heavy atom. The highest BCUT2D eigenvalue weighted by atomic mass is 16.7. The van der Waals surface area contributed by atoms with Crippen molar-refractivity contribution in [3.8, 4) is 12.1 Å². The van der Waals surface area contributed by atoms with Gasteiger partial charge in [0.15, 0.2) is 10.1 Å². The second-order valence-corrected chi connectivity index (χ2v) is 5.56. The molecule has 0 radical (unpaired) electrons. The number of carbonyl (C=O) groups excluding carboxylic acids is 2. The standard InChI is InChI=1S/C13H18N8O6/c1-10(22)16-9-17(11(2)23)13(19(21(26)27)8-4-6-15)12(16)18(20(24)25)7-3-5-14/h12-13H,3-4,7-9H2,1-2H3/t12-,13-/m0/s1. The predicted molar refractivity (Wildman–Crippen MR) is 85.3 cm³/mol. The van der Waals surface area contributed by atoms with Crippen molar-refractivity contribution in [2.75, 3.05) is 19.8 Å². The minimum atomic E-state index is -1.50. The summed E-state index contributed by atoms with van der Waals surface area (Å²) in [6, 6.07) is 3.47. The molecule has 1 aliphatic rings. The van der Waals surface area contributed by atoms with Crippen molar-refractivity contribution >= 4 is 11.8 Å². The van der Waals surface area contributed by atoms with Crippen LogP contribution in [0.5, 0.6) is 0 Å². The third-order valence-electron chi connectivity index (χ3n) is 3.95. The van der Waals surface area contributed by atoms with Gasteiger partial charge in [-0.05, 0) is 0 Å². The van der Waals surface area contributed by atoms with Crippen LogP contribution in [0.4, 0.5) is 0 Å². The van der Waals surface area contributed by atoms with Crippen molar-refractivity contribution in [2.45, 2.75) is 39.0 Å². The predicted octanol–water partition coefficient (Wildman–Crippen LogP) is -0.879. The zero-order valence-electron chi connectivity index (χ0n) is 14.7. The number of carbonyl (C=O) groups is 2. The average molecular weight is 382 g/mol. The van der Waals surface area contributed by atoms with Crippen LogP contribution in [-0.2, 0) is 9.59 Å². The van der Waals surface area contributed by atoms with E-state index in [2.05, 4.69) is 0 Å². The summed E-state index contributed by atoms with van der Waals surface area (Å²) >= 11 is 0. The van der Waals surface area contributed by atoms with E-state index in [0.717, 1.165) is 23.6 Å².